The Balaban J connectivity index is 1.94. The summed E-state index contributed by atoms with van der Waals surface area (Å²) in [5.74, 6) is 0.588. The number of hydrogen-bond acceptors (Lipinski definition) is 3. The van der Waals surface area contributed by atoms with E-state index in [0.29, 0.717) is 5.56 Å². The maximum absolute atomic E-state index is 12.6. The number of carbonyl (C=O) groups excluding carboxylic acids is 1. The molecule has 0 saturated heterocycles. The van der Waals surface area contributed by atoms with E-state index >= 15 is 0 Å². The largest absolute Gasteiger partial charge is 0.495 e. The van der Waals surface area contributed by atoms with Crippen LogP contribution < -0.4 is 10.1 Å². The summed E-state index contributed by atoms with van der Waals surface area (Å²) in [4.78, 5) is 12.6. The van der Waals surface area contributed by atoms with E-state index in [9.17, 15) is 4.79 Å². The highest BCUT2D eigenvalue weighted by Crippen LogP contribution is 2.36. The van der Waals surface area contributed by atoms with Crippen molar-refractivity contribution in [1.82, 2.24) is 9.78 Å². The number of nitrogens with zero attached hydrogens (tertiary/aromatic N) is 2. The minimum absolute atomic E-state index is 0.129. The molecule has 0 radical (unpaired) electrons. The van der Waals surface area contributed by atoms with Crippen molar-refractivity contribution in [2.24, 2.45) is 0 Å². The van der Waals surface area contributed by atoms with Crippen molar-refractivity contribution in [3.63, 3.8) is 0 Å². The Labute approximate surface area is 130 Å². The molecule has 5 nitrogen and oxygen atoms in total. The molecule has 1 N–H and O–H groups in total. The second-order valence-electron chi connectivity index (χ2n) is 5.55. The molecule has 2 aromatic rings. The number of rotatable bonds is 4. The monoisotopic (exact) mass is 299 g/mol. The molecule has 1 aliphatic carbocycles. The molecule has 1 aromatic heterocycles. The highest BCUT2D eigenvalue weighted by molar-refractivity contribution is 6.06. The van der Waals surface area contributed by atoms with Gasteiger partial charge in [0.15, 0.2) is 0 Å². The van der Waals surface area contributed by atoms with Crippen LogP contribution in [0.3, 0.4) is 0 Å². The summed E-state index contributed by atoms with van der Waals surface area (Å²) in [6.07, 6.45) is 4.80. The third-order valence-corrected chi connectivity index (χ3v) is 4.35. The van der Waals surface area contributed by atoms with Crippen LogP contribution in [-0.2, 0) is 19.4 Å². The number of anilines is 1. The predicted molar refractivity (Wildman–Crippen MR) is 85.6 cm³/mol. The van der Waals surface area contributed by atoms with Gasteiger partial charge in [-0.1, -0.05) is 6.07 Å². The molecule has 0 unspecified atom stereocenters. The lowest BCUT2D eigenvalue weighted by molar-refractivity contribution is 0.102. The molecule has 0 fully saturated rings. The number of aromatic nitrogens is 2. The summed E-state index contributed by atoms with van der Waals surface area (Å²) in [5.41, 5.74) is 4.81. The number of methoxy groups -OCH3 is 1. The zero-order valence-electron chi connectivity index (χ0n) is 13.3. The van der Waals surface area contributed by atoms with Crippen LogP contribution in [0.25, 0.3) is 0 Å². The number of ether oxygens (including phenoxy) is 1. The summed E-state index contributed by atoms with van der Waals surface area (Å²) in [6.45, 7) is 4.68. The zero-order chi connectivity index (χ0) is 15.7. The Morgan fingerprint density at radius 3 is 2.91 bits per heavy atom. The SMILES string of the molecule is CCn1ncc(C(=O)Nc2c(OC)ccc3c2CCC3)c1C. The van der Waals surface area contributed by atoms with Crippen LogP contribution in [0.4, 0.5) is 5.69 Å². The van der Waals surface area contributed by atoms with Gasteiger partial charge in [-0.2, -0.15) is 5.10 Å². The summed E-state index contributed by atoms with van der Waals surface area (Å²) in [6, 6.07) is 4.03. The number of aryl methyl sites for hydroxylation is 2. The van der Waals surface area contributed by atoms with E-state index in [1.807, 2.05) is 24.6 Å². The van der Waals surface area contributed by atoms with Crippen LogP contribution in [0.15, 0.2) is 18.3 Å². The molecule has 0 saturated carbocycles. The fourth-order valence-electron chi connectivity index (χ4n) is 3.12. The number of carbonyl (C=O) groups is 1. The Hall–Kier alpha value is -2.30. The summed E-state index contributed by atoms with van der Waals surface area (Å²) < 4.78 is 7.25. The molecule has 0 atom stereocenters. The molecule has 1 aromatic carbocycles. The Morgan fingerprint density at radius 2 is 2.23 bits per heavy atom. The molecular formula is C17H21N3O2. The van der Waals surface area contributed by atoms with Gasteiger partial charge in [0.05, 0.1) is 24.6 Å². The predicted octanol–water partition coefficient (Wildman–Crippen LogP) is 2.96. The van der Waals surface area contributed by atoms with Gasteiger partial charge in [-0.3, -0.25) is 9.48 Å². The van der Waals surface area contributed by atoms with Crippen LogP contribution in [0.2, 0.25) is 0 Å². The Kier molecular flexibility index (Phi) is 3.88. The van der Waals surface area contributed by atoms with Crippen LogP contribution in [0.5, 0.6) is 5.75 Å². The summed E-state index contributed by atoms with van der Waals surface area (Å²) >= 11 is 0. The van der Waals surface area contributed by atoms with Gasteiger partial charge in [-0.15, -0.1) is 0 Å². The van der Waals surface area contributed by atoms with Crippen molar-refractivity contribution in [3.05, 3.63) is 40.7 Å². The molecule has 0 spiro atoms. The number of nitrogens with one attached hydrogen (secondary N) is 1. The number of hydrogen-bond donors (Lipinski definition) is 1. The quantitative estimate of drug-likeness (QED) is 0.944. The van der Waals surface area contributed by atoms with Crippen molar-refractivity contribution in [2.75, 3.05) is 12.4 Å². The first-order valence-electron chi connectivity index (χ1n) is 7.68. The van der Waals surface area contributed by atoms with Gasteiger partial charge in [0.25, 0.3) is 5.91 Å². The first kappa shape index (κ1) is 14.6. The van der Waals surface area contributed by atoms with E-state index in [1.165, 1.54) is 11.1 Å². The van der Waals surface area contributed by atoms with Gasteiger partial charge >= 0.3 is 0 Å². The average Bonchev–Trinajstić information content (AvgIpc) is 3.13. The van der Waals surface area contributed by atoms with Crippen LogP contribution in [0, 0.1) is 6.92 Å². The van der Waals surface area contributed by atoms with Crippen LogP contribution in [-0.4, -0.2) is 22.8 Å². The minimum atomic E-state index is -0.129. The van der Waals surface area contributed by atoms with Gasteiger partial charge in [0, 0.05) is 12.2 Å². The van der Waals surface area contributed by atoms with Crippen LogP contribution >= 0.6 is 0 Å². The number of fused-ring (bicyclic) bond motifs is 1. The van der Waals surface area contributed by atoms with Gasteiger partial charge in [0.1, 0.15) is 5.75 Å². The lowest BCUT2D eigenvalue weighted by atomic mass is 10.1. The molecule has 22 heavy (non-hydrogen) atoms. The highest BCUT2D eigenvalue weighted by atomic mass is 16.5. The van der Waals surface area contributed by atoms with E-state index in [2.05, 4.69) is 16.5 Å². The lowest BCUT2D eigenvalue weighted by Crippen LogP contribution is -2.15. The Bertz CT molecular complexity index is 719. The third-order valence-electron chi connectivity index (χ3n) is 4.35. The molecule has 5 heteroatoms. The van der Waals surface area contributed by atoms with Gasteiger partial charge in [-0.25, -0.2) is 0 Å². The minimum Gasteiger partial charge on any atom is -0.495 e. The summed E-state index contributed by atoms with van der Waals surface area (Å²) in [5, 5.41) is 7.28. The fourth-order valence-corrected chi connectivity index (χ4v) is 3.12. The average molecular weight is 299 g/mol. The molecule has 1 aliphatic rings. The van der Waals surface area contributed by atoms with E-state index in [1.54, 1.807) is 13.3 Å². The van der Waals surface area contributed by atoms with E-state index < -0.39 is 0 Å². The fraction of sp³-hybridized carbons (Fsp3) is 0.412. The first-order valence-corrected chi connectivity index (χ1v) is 7.68. The smallest absolute Gasteiger partial charge is 0.259 e. The topological polar surface area (TPSA) is 56.2 Å². The molecule has 3 rings (SSSR count). The molecule has 1 amide bonds. The number of benzene rings is 1. The summed E-state index contributed by atoms with van der Waals surface area (Å²) in [7, 11) is 1.63. The van der Waals surface area contributed by atoms with Crippen LogP contribution in [0.1, 0.15) is 40.5 Å². The van der Waals surface area contributed by atoms with Gasteiger partial charge in [-0.05, 0) is 50.3 Å². The molecule has 116 valence electrons. The zero-order valence-corrected chi connectivity index (χ0v) is 13.3. The molecular weight excluding hydrogens is 278 g/mol. The first-order chi connectivity index (χ1) is 10.7. The lowest BCUT2D eigenvalue weighted by Gasteiger charge is -2.14. The van der Waals surface area contributed by atoms with E-state index in [0.717, 1.165) is 42.9 Å². The second kappa shape index (κ2) is 5.83. The third kappa shape index (κ3) is 2.36. The van der Waals surface area contributed by atoms with Gasteiger partial charge < -0.3 is 10.1 Å². The standard InChI is InChI=1S/C17H21N3O2/c1-4-20-11(2)14(10-18-20)17(21)19-16-13-7-5-6-12(13)8-9-15(16)22-3/h8-10H,4-7H2,1-3H3,(H,19,21). The normalized spacial score (nSPS) is 13.0. The molecule has 0 bridgehead atoms. The second-order valence-corrected chi connectivity index (χ2v) is 5.55. The van der Waals surface area contributed by atoms with Crippen molar-refractivity contribution in [3.8, 4) is 5.75 Å². The maximum Gasteiger partial charge on any atom is 0.259 e. The van der Waals surface area contributed by atoms with E-state index in [-0.39, 0.29) is 5.91 Å². The van der Waals surface area contributed by atoms with E-state index in [4.69, 9.17) is 4.74 Å². The highest BCUT2D eigenvalue weighted by Gasteiger charge is 2.22. The van der Waals surface area contributed by atoms with Crippen molar-refractivity contribution in [2.45, 2.75) is 39.7 Å². The molecule has 1 heterocycles. The number of amides is 1. The maximum atomic E-state index is 12.6. The molecule has 0 aliphatic heterocycles. The van der Waals surface area contributed by atoms with Gasteiger partial charge in [0.2, 0.25) is 0 Å². The van der Waals surface area contributed by atoms with Crippen molar-refractivity contribution in [1.29, 1.82) is 0 Å². The van der Waals surface area contributed by atoms with Crippen molar-refractivity contribution < 1.29 is 9.53 Å². The van der Waals surface area contributed by atoms with Crippen molar-refractivity contribution >= 4 is 11.6 Å². The Morgan fingerprint density at radius 1 is 1.41 bits per heavy atom.